The number of carbonyl (C=O) groups is 1. The minimum Gasteiger partial charge on any atom is -0.465 e. The van der Waals surface area contributed by atoms with E-state index in [1.54, 1.807) is 11.8 Å². The van der Waals surface area contributed by atoms with Crippen LogP contribution in [0.15, 0.2) is 0 Å². The van der Waals surface area contributed by atoms with Gasteiger partial charge in [0.05, 0.1) is 6.61 Å². The molecule has 0 spiro atoms. The molecule has 0 aromatic rings. The minimum atomic E-state index is -0.301. The van der Waals surface area contributed by atoms with Crippen LogP contribution in [0.2, 0.25) is 0 Å². The van der Waals surface area contributed by atoms with Crippen molar-refractivity contribution in [3.8, 4) is 0 Å². The molecule has 78 valence electrons. The van der Waals surface area contributed by atoms with Gasteiger partial charge in [0.25, 0.3) is 0 Å². The van der Waals surface area contributed by atoms with Crippen LogP contribution in [0.5, 0.6) is 0 Å². The number of thioether (sulfide) groups is 1. The van der Waals surface area contributed by atoms with E-state index in [2.05, 4.69) is 6.92 Å². The molecule has 0 aliphatic heterocycles. The van der Waals surface area contributed by atoms with E-state index in [0.29, 0.717) is 6.61 Å². The first-order valence-corrected chi connectivity index (χ1v) is 5.96. The smallest absolute Gasteiger partial charge is 0.322 e. The van der Waals surface area contributed by atoms with Crippen molar-refractivity contribution in [2.24, 2.45) is 0 Å². The summed E-state index contributed by atoms with van der Waals surface area (Å²) in [5.74, 6) is 0.910. The summed E-state index contributed by atoms with van der Waals surface area (Å²) >= 11 is 1.70. The van der Waals surface area contributed by atoms with Crippen LogP contribution < -0.4 is 0 Å². The summed E-state index contributed by atoms with van der Waals surface area (Å²) in [6, 6.07) is 0. The zero-order chi connectivity index (χ0) is 10.3. The molecule has 0 heterocycles. The van der Waals surface area contributed by atoms with Gasteiger partial charge in [0.1, 0.15) is 4.75 Å². The van der Waals surface area contributed by atoms with Crippen molar-refractivity contribution in [3.05, 3.63) is 0 Å². The van der Waals surface area contributed by atoms with Gasteiger partial charge in [-0.25, -0.2) is 0 Å². The lowest BCUT2D eigenvalue weighted by Crippen LogP contribution is -2.35. The maximum atomic E-state index is 11.7. The maximum absolute atomic E-state index is 11.7. The fourth-order valence-electron chi connectivity index (χ4n) is 1.34. The van der Waals surface area contributed by atoms with Crippen molar-refractivity contribution in [2.45, 2.75) is 45.3 Å². The summed E-state index contributed by atoms with van der Waals surface area (Å²) in [4.78, 5) is 11.7. The number of rotatable bonds is 6. The summed E-state index contributed by atoms with van der Waals surface area (Å²) in [5.41, 5.74) is 0. The zero-order valence-electron chi connectivity index (χ0n) is 9.05. The van der Waals surface area contributed by atoms with Gasteiger partial charge in [-0.15, -0.1) is 11.8 Å². The molecule has 0 amide bonds. The second-order valence-electron chi connectivity index (χ2n) is 2.85. The topological polar surface area (TPSA) is 26.3 Å². The van der Waals surface area contributed by atoms with Crippen molar-refractivity contribution in [3.63, 3.8) is 0 Å². The van der Waals surface area contributed by atoms with E-state index in [9.17, 15) is 4.79 Å². The Kier molecular flexibility index (Phi) is 6.21. The Balaban J connectivity index is 4.43. The van der Waals surface area contributed by atoms with E-state index < -0.39 is 0 Å². The van der Waals surface area contributed by atoms with Crippen molar-refractivity contribution >= 4 is 17.7 Å². The molecule has 0 atom stereocenters. The number of carbonyl (C=O) groups excluding carboxylic acids is 1. The second-order valence-corrected chi connectivity index (χ2v) is 4.50. The number of hydrogen-bond donors (Lipinski definition) is 0. The first-order valence-electron chi connectivity index (χ1n) is 4.98. The number of ether oxygens (including phenoxy) is 1. The van der Waals surface area contributed by atoms with Gasteiger partial charge < -0.3 is 4.74 Å². The van der Waals surface area contributed by atoms with Crippen LogP contribution in [0.25, 0.3) is 0 Å². The van der Waals surface area contributed by atoms with Gasteiger partial charge in [-0.2, -0.15) is 0 Å². The first-order chi connectivity index (χ1) is 6.16. The molecular formula is C10H20O2S. The van der Waals surface area contributed by atoms with Crippen molar-refractivity contribution in [2.75, 3.05) is 12.4 Å². The SMILES string of the molecule is CCOC(=O)C(CC)(CC)SCC. The third kappa shape index (κ3) is 3.22. The molecule has 0 fully saturated rings. The van der Waals surface area contributed by atoms with Crippen LogP contribution in [0.3, 0.4) is 0 Å². The lowest BCUT2D eigenvalue weighted by Gasteiger charge is -2.27. The van der Waals surface area contributed by atoms with Gasteiger partial charge in [0.15, 0.2) is 0 Å². The van der Waals surface area contributed by atoms with E-state index in [0.717, 1.165) is 18.6 Å². The Bertz CT molecular complexity index is 153. The summed E-state index contributed by atoms with van der Waals surface area (Å²) in [5, 5.41) is 0. The third-order valence-corrected chi connectivity index (χ3v) is 3.80. The number of esters is 1. The molecule has 0 radical (unpaired) electrons. The summed E-state index contributed by atoms with van der Waals surface area (Å²) in [6.45, 7) is 8.49. The highest BCUT2D eigenvalue weighted by Crippen LogP contribution is 2.33. The Hall–Kier alpha value is -0.180. The highest BCUT2D eigenvalue weighted by molar-refractivity contribution is 8.01. The van der Waals surface area contributed by atoms with E-state index in [-0.39, 0.29) is 10.7 Å². The average Bonchev–Trinajstić information content (AvgIpc) is 2.14. The lowest BCUT2D eigenvalue weighted by molar-refractivity contribution is -0.146. The van der Waals surface area contributed by atoms with E-state index in [4.69, 9.17) is 4.74 Å². The predicted octanol–water partition coefficient (Wildman–Crippen LogP) is 2.86. The first kappa shape index (κ1) is 12.8. The molecule has 0 saturated carbocycles. The molecule has 0 rings (SSSR count). The van der Waals surface area contributed by atoms with Crippen LogP contribution in [-0.4, -0.2) is 23.1 Å². The second kappa shape index (κ2) is 6.30. The molecule has 0 aromatic heterocycles. The predicted molar refractivity (Wildman–Crippen MR) is 58.1 cm³/mol. The molecule has 0 N–H and O–H groups in total. The van der Waals surface area contributed by atoms with Gasteiger partial charge in [-0.1, -0.05) is 20.8 Å². The van der Waals surface area contributed by atoms with E-state index in [1.807, 2.05) is 20.8 Å². The molecule has 3 heteroatoms. The van der Waals surface area contributed by atoms with Crippen molar-refractivity contribution in [1.29, 1.82) is 0 Å². The highest BCUT2D eigenvalue weighted by Gasteiger charge is 2.36. The van der Waals surface area contributed by atoms with E-state index >= 15 is 0 Å². The molecule has 0 saturated heterocycles. The van der Waals surface area contributed by atoms with Crippen LogP contribution in [0.4, 0.5) is 0 Å². The van der Waals surface area contributed by atoms with Crippen molar-refractivity contribution in [1.82, 2.24) is 0 Å². The molecule has 13 heavy (non-hydrogen) atoms. The van der Waals surface area contributed by atoms with Crippen LogP contribution in [0, 0.1) is 0 Å². The molecular weight excluding hydrogens is 184 g/mol. The Labute approximate surface area is 85.4 Å². The quantitative estimate of drug-likeness (QED) is 0.622. The van der Waals surface area contributed by atoms with Gasteiger partial charge in [-0.05, 0) is 25.5 Å². The lowest BCUT2D eigenvalue weighted by atomic mass is 10.0. The standard InChI is InChI=1S/C10H20O2S/c1-5-10(6-2,13-8-4)9(11)12-7-3/h5-8H2,1-4H3. The normalized spacial score (nSPS) is 11.4. The van der Waals surface area contributed by atoms with Crippen molar-refractivity contribution < 1.29 is 9.53 Å². The Morgan fingerprint density at radius 3 is 2.08 bits per heavy atom. The molecule has 2 nitrogen and oxygen atoms in total. The average molecular weight is 204 g/mol. The fraction of sp³-hybridized carbons (Fsp3) is 0.900. The summed E-state index contributed by atoms with van der Waals surface area (Å²) in [6.07, 6.45) is 1.70. The third-order valence-electron chi connectivity index (χ3n) is 2.21. The Morgan fingerprint density at radius 1 is 1.23 bits per heavy atom. The molecule has 0 bridgehead atoms. The van der Waals surface area contributed by atoms with E-state index in [1.165, 1.54) is 0 Å². The molecule has 0 aliphatic rings. The van der Waals surface area contributed by atoms with Crippen LogP contribution >= 0.6 is 11.8 Å². The molecule has 0 aromatic carbocycles. The maximum Gasteiger partial charge on any atom is 0.322 e. The monoisotopic (exact) mass is 204 g/mol. The molecule has 0 unspecified atom stereocenters. The minimum absolute atomic E-state index is 0.0492. The van der Waals surface area contributed by atoms with Crippen LogP contribution in [-0.2, 0) is 9.53 Å². The van der Waals surface area contributed by atoms with Gasteiger partial charge >= 0.3 is 5.97 Å². The fourth-order valence-corrected chi connectivity index (χ4v) is 2.48. The zero-order valence-corrected chi connectivity index (χ0v) is 9.87. The molecule has 0 aliphatic carbocycles. The summed E-state index contributed by atoms with van der Waals surface area (Å²) < 4.78 is 4.78. The Morgan fingerprint density at radius 2 is 1.77 bits per heavy atom. The largest absolute Gasteiger partial charge is 0.465 e. The van der Waals surface area contributed by atoms with Gasteiger partial charge in [-0.3, -0.25) is 4.79 Å². The van der Waals surface area contributed by atoms with Gasteiger partial charge in [0, 0.05) is 0 Å². The highest BCUT2D eigenvalue weighted by atomic mass is 32.2. The number of hydrogen-bond acceptors (Lipinski definition) is 3. The van der Waals surface area contributed by atoms with Crippen LogP contribution in [0.1, 0.15) is 40.5 Å². The van der Waals surface area contributed by atoms with Gasteiger partial charge in [0.2, 0.25) is 0 Å². The summed E-state index contributed by atoms with van der Waals surface area (Å²) in [7, 11) is 0.